The molecule has 0 aliphatic carbocycles. The van der Waals surface area contributed by atoms with Crippen LogP contribution in [0, 0.1) is 0 Å². The normalized spacial score (nSPS) is 10.2. The first-order valence-corrected chi connectivity index (χ1v) is 6.79. The maximum Gasteiger partial charge on any atom is 0.226 e. The van der Waals surface area contributed by atoms with Crippen molar-refractivity contribution < 1.29 is 14.3 Å². The number of carbonyl (C=O) groups is 2. The number of benzene rings is 1. The van der Waals surface area contributed by atoms with Crippen molar-refractivity contribution in [2.75, 3.05) is 37.0 Å². The van der Waals surface area contributed by atoms with E-state index < -0.39 is 0 Å². The summed E-state index contributed by atoms with van der Waals surface area (Å²) in [6, 6.07) is 5.45. The number of methoxy groups -OCH3 is 1. The Labute approximate surface area is 119 Å². The Morgan fingerprint density at radius 2 is 2.05 bits per heavy atom. The molecular weight excluding hydrogens is 256 g/mol. The average molecular weight is 278 g/mol. The lowest BCUT2D eigenvalue weighted by Crippen LogP contribution is -2.22. The van der Waals surface area contributed by atoms with E-state index in [9.17, 15) is 9.59 Å². The fourth-order valence-electron chi connectivity index (χ4n) is 1.95. The van der Waals surface area contributed by atoms with E-state index in [-0.39, 0.29) is 12.3 Å². The standard InChI is InChI=1S/C15H22N2O3/c1-4-17(5-2)13-7-6-12(11-18)14(10-13)16-15(19)8-9-20-3/h6-7,10-11H,4-5,8-9H2,1-3H3,(H,16,19). The zero-order valence-electron chi connectivity index (χ0n) is 12.3. The van der Waals surface area contributed by atoms with Gasteiger partial charge in [0.1, 0.15) is 0 Å². The molecule has 0 unspecified atom stereocenters. The highest BCUT2D eigenvalue weighted by atomic mass is 16.5. The molecule has 1 aromatic rings. The summed E-state index contributed by atoms with van der Waals surface area (Å²) in [5, 5.41) is 2.76. The number of hydrogen-bond donors (Lipinski definition) is 1. The third kappa shape index (κ3) is 4.35. The van der Waals surface area contributed by atoms with Crippen LogP contribution in [0.15, 0.2) is 18.2 Å². The lowest BCUT2D eigenvalue weighted by molar-refractivity contribution is -0.117. The predicted molar refractivity (Wildman–Crippen MR) is 80.5 cm³/mol. The molecule has 110 valence electrons. The van der Waals surface area contributed by atoms with E-state index >= 15 is 0 Å². The van der Waals surface area contributed by atoms with Gasteiger partial charge in [-0.05, 0) is 32.0 Å². The fourth-order valence-corrected chi connectivity index (χ4v) is 1.95. The maximum absolute atomic E-state index is 11.7. The molecule has 0 saturated heterocycles. The van der Waals surface area contributed by atoms with Gasteiger partial charge in [0, 0.05) is 31.5 Å². The summed E-state index contributed by atoms with van der Waals surface area (Å²) in [6.45, 7) is 6.22. The van der Waals surface area contributed by atoms with Gasteiger partial charge in [0.25, 0.3) is 0 Å². The topological polar surface area (TPSA) is 58.6 Å². The van der Waals surface area contributed by atoms with E-state index in [1.807, 2.05) is 12.1 Å². The summed E-state index contributed by atoms with van der Waals surface area (Å²) in [7, 11) is 1.55. The fraction of sp³-hybridized carbons (Fsp3) is 0.467. The summed E-state index contributed by atoms with van der Waals surface area (Å²) >= 11 is 0. The Kier molecular flexibility index (Phi) is 6.73. The van der Waals surface area contributed by atoms with Crippen molar-refractivity contribution >= 4 is 23.6 Å². The van der Waals surface area contributed by atoms with Crippen molar-refractivity contribution in [3.63, 3.8) is 0 Å². The molecule has 0 heterocycles. The molecular formula is C15H22N2O3. The van der Waals surface area contributed by atoms with Crippen molar-refractivity contribution in [3.8, 4) is 0 Å². The Hall–Kier alpha value is -1.88. The molecule has 0 atom stereocenters. The van der Waals surface area contributed by atoms with E-state index in [2.05, 4.69) is 24.1 Å². The van der Waals surface area contributed by atoms with Gasteiger partial charge in [-0.3, -0.25) is 9.59 Å². The molecule has 0 aromatic heterocycles. The second kappa shape index (κ2) is 8.32. The Balaban J connectivity index is 2.94. The van der Waals surface area contributed by atoms with Crippen molar-refractivity contribution in [1.82, 2.24) is 0 Å². The quantitative estimate of drug-likeness (QED) is 0.741. The number of anilines is 2. The molecule has 1 amide bonds. The Morgan fingerprint density at radius 3 is 2.60 bits per heavy atom. The molecule has 1 rings (SSSR count). The van der Waals surface area contributed by atoms with E-state index in [0.717, 1.165) is 25.1 Å². The van der Waals surface area contributed by atoms with Crippen LogP contribution >= 0.6 is 0 Å². The maximum atomic E-state index is 11.7. The molecule has 0 aliphatic rings. The number of aldehydes is 1. The van der Waals surface area contributed by atoms with E-state index in [1.165, 1.54) is 0 Å². The molecule has 0 saturated carbocycles. The monoisotopic (exact) mass is 278 g/mol. The van der Waals surface area contributed by atoms with E-state index in [1.54, 1.807) is 13.2 Å². The van der Waals surface area contributed by atoms with E-state index in [0.29, 0.717) is 17.9 Å². The lowest BCUT2D eigenvalue weighted by Gasteiger charge is -2.22. The number of ether oxygens (including phenoxy) is 1. The van der Waals surface area contributed by atoms with Crippen molar-refractivity contribution in [3.05, 3.63) is 23.8 Å². The van der Waals surface area contributed by atoms with Crippen LogP contribution < -0.4 is 10.2 Å². The summed E-state index contributed by atoms with van der Waals surface area (Å²) in [4.78, 5) is 24.9. The number of rotatable bonds is 8. The number of nitrogens with one attached hydrogen (secondary N) is 1. The zero-order valence-corrected chi connectivity index (χ0v) is 12.3. The Morgan fingerprint density at radius 1 is 1.35 bits per heavy atom. The van der Waals surface area contributed by atoms with Gasteiger partial charge in [-0.15, -0.1) is 0 Å². The average Bonchev–Trinajstić information content (AvgIpc) is 2.46. The van der Waals surface area contributed by atoms with Gasteiger partial charge in [-0.2, -0.15) is 0 Å². The van der Waals surface area contributed by atoms with Gasteiger partial charge in [-0.1, -0.05) is 0 Å². The lowest BCUT2D eigenvalue weighted by atomic mass is 10.1. The predicted octanol–water partition coefficient (Wildman–Crippen LogP) is 2.32. The van der Waals surface area contributed by atoms with Crippen molar-refractivity contribution in [2.24, 2.45) is 0 Å². The van der Waals surface area contributed by atoms with Gasteiger partial charge < -0.3 is 15.0 Å². The third-order valence-corrected chi connectivity index (χ3v) is 3.10. The first-order valence-electron chi connectivity index (χ1n) is 6.79. The number of amides is 1. The molecule has 0 radical (unpaired) electrons. The number of hydrogen-bond acceptors (Lipinski definition) is 4. The zero-order chi connectivity index (χ0) is 15.0. The molecule has 0 aliphatic heterocycles. The summed E-state index contributed by atoms with van der Waals surface area (Å²) in [5.74, 6) is -0.161. The van der Waals surface area contributed by atoms with Gasteiger partial charge in [0.05, 0.1) is 18.7 Å². The van der Waals surface area contributed by atoms with Crippen LogP contribution in [-0.4, -0.2) is 39.0 Å². The summed E-state index contributed by atoms with van der Waals surface area (Å²) in [6.07, 6.45) is 1.02. The molecule has 20 heavy (non-hydrogen) atoms. The highest BCUT2D eigenvalue weighted by Gasteiger charge is 2.10. The largest absolute Gasteiger partial charge is 0.384 e. The molecule has 0 fully saturated rings. The first kappa shape index (κ1) is 16.2. The number of nitrogens with zero attached hydrogens (tertiary/aromatic N) is 1. The molecule has 5 nitrogen and oxygen atoms in total. The van der Waals surface area contributed by atoms with Crippen LogP contribution in [0.2, 0.25) is 0 Å². The molecule has 0 bridgehead atoms. The second-order valence-electron chi connectivity index (χ2n) is 4.35. The highest BCUT2D eigenvalue weighted by molar-refractivity contribution is 5.97. The van der Waals surface area contributed by atoms with Crippen LogP contribution in [0.3, 0.4) is 0 Å². The van der Waals surface area contributed by atoms with Crippen LogP contribution in [-0.2, 0) is 9.53 Å². The molecule has 1 aromatic carbocycles. The minimum absolute atomic E-state index is 0.161. The first-order chi connectivity index (χ1) is 9.65. The minimum atomic E-state index is -0.161. The van der Waals surface area contributed by atoms with Crippen LogP contribution in [0.25, 0.3) is 0 Å². The van der Waals surface area contributed by atoms with Crippen LogP contribution in [0.4, 0.5) is 11.4 Å². The molecule has 1 N–H and O–H groups in total. The highest BCUT2D eigenvalue weighted by Crippen LogP contribution is 2.23. The number of carbonyl (C=O) groups excluding carboxylic acids is 2. The second-order valence-corrected chi connectivity index (χ2v) is 4.35. The third-order valence-electron chi connectivity index (χ3n) is 3.10. The van der Waals surface area contributed by atoms with Crippen molar-refractivity contribution in [2.45, 2.75) is 20.3 Å². The van der Waals surface area contributed by atoms with Crippen LogP contribution in [0.1, 0.15) is 30.6 Å². The van der Waals surface area contributed by atoms with Crippen molar-refractivity contribution in [1.29, 1.82) is 0 Å². The van der Waals surface area contributed by atoms with Gasteiger partial charge in [0.2, 0.25) is 5.91 Å². The van der Waals surface area contributed by atoms with Gasteiger partial charge >= 0.3 is 0 Å². The van der Waals surface area contributed by atoms with E-state index in [4.69, 9.17) is 4.74 Å². The van der Waals surface area contributed by atoms with Gasteiger partial charge in [-0.25, -0.2) is 0 Å². The Bertz CT molecular complexity index is 456. The summed E-state index contributed by atoms with van der Waals surface area (Å²) < 4.78 is 4.86. The summed E-state index contributed by atoms with van der Waals surface area (Å²) in [5.41, 5.74) is 2.01. The molecule has 0 spiro atoms. The van der Waals surface area contributed by atoms with Crippen LogP contribution in [0.5, 0.6) is 0 Å². The molecule has 5 heteroatoms. The smallest absolute Gasteiger partial charge is 0.226 e. The SMILES string of the molecule is CCN(CC)c1ccc(C=O)c(NC(=O)CCOC)c1. The van der Waals surface area contributed by atoms with Gasteiger partial charge in [0.15, 0.2) is 6.29 Å². The minimum Gasteiger partial charge on any atom is -0.384 e.